The molecule has 82 valence electrons. The first kappa shape index (κ1) is 10.9. The van der Waals surface area contributed by atoms with Gasteiger partial charge < -0.3 is 11.5 Å². The molecule has 4 N–H and O–H groups in total. The lowest BCUT2D eigenvalue weighted by atomic mass is 10.0. The molecule has 0 fully saturated rings. The van der Waals surface area contributed by atoms with Crippen LogP contribution in [0.4, 0.5) is 11.4 Å². The van der Waals surface area contributed by atoms with Crippen LogP contribution in [0.15, 0.2) is 47.4 Å². The van der Waals surface area contributed by atoms with Gasteiger partial charge >= 0.3 is 0 Å². The second kappa shape index (κ2) is 4.49. The fourth-order valence-corrected chi connectivity index (χ4v) is 2.25. The molecule has 0 atom stereocenters. The van der Waals surface area contributed by atoms with E-state index >= 15 is 0 Å². The standard InChI is InChI=1S/C13H14N2S/c1-16-13-5-3-2-4-10(13)9-6-7-11(14)12(15)8-9/h2-8H,14-15H2,1H3. The van der Waals surface area contributed by atoms with Crippen molar-refractivity contribution in [2.45, 2.75) is 4.90 Å². The SMILES string of the molecule is CSc1ccccc1-c1ccc(N)c(N)c1. The van der Waals surface area contributed by atoms with Crippen LogP contribution in [0.2, 0.25) is 0 Å². The number of anilines is 2. The van der Waals surface area contributed by atoms with Gasteiger partial charge in [0.25, 0.3) is 0 Å². The van der Waals surface area contributed by atoms with Crippen molar-refractivity contribution in [1.29, 1.82) is 0 Å². The van der Waals surface area contributed by atoms with Gasteiger partial charge in [-0.2, -0.15) is 0 Å². The maximum Gasteiger partial charge on any atom is 0.0554 e. The van der Waals surface area contributed by atoms with Crippen molar-refractivity contribution in [2.75, 3.05) is 17.7 Å². The van der Waals surface area contributed by atoms with E-state index < -0.39 is 0 Å². The Morgan fingerprint density at radius 2 is 1.69 bits per heavy atom. The molecule has 0 bridgehead atoms. The van der Waals surface area contributed by atoms with Gasteiger partial charge in [0.1, 0.15) is 0 Å². The summed E-state index contributed by atoms with van der Waals surface area (Å²) in [6.07, 6.45) is 2.07. The summed E-state index contributed by atoms with van der Waals surface area (Å²) >= 11 is 1.73. The molecule has 0 saturated carbocycles. The second-order valence-corrected chi connectivity index (χ2v) is 4.39. The molecule has 0 aliphatic heterocycles. The van der Waals surface area contributed by atoms with Crippen molar-refractivity contribution in [3.05, 3.63) is 42.5 Å². The Kier molecular flexibility index (Phi) is 3.06. The highest BCUT2D eigenvalue weighted by Gasteiger charge is 2.04. The summed E-state index contributed by atoms with van der Waals surface area (Å²) in [5.41, 5.74) is 15.1. The normalized spacial score (nSPS) is 10.3. The van der Waals surface area contributed by atoms with Gasteiger partial charge in [0, 0.05) is 4.90 Å². The highest BCUT2D eigenvalue weighted by molar-refractivity contribution is 7.98. The third-order valence-electron chi connectivity index (χ3n) is 2.50. The van der Waals surface area contributed by atoms with Crippen molar-refractivity contribution in [3.8, 4) is 11.1 Å². The van der Waals surface area contributed by atoms with Crippen LogP contribution in [-0.4, -0.2) is 6.26 Å². The van der Waals surface area contributed by atoms with Crippen molar-refractivity contribution in [1.82, 2.24) is 0 Å². The molecule has 0 aliphatic carbocycles. The summed E-state index contributed by atoms with van der Waals surface area (Å²) in [5.74, 6) is 0. The summed E-state index contributed by atoms with van der Waals surface area (Å²) in [6, 6.07) is 14.0. The zero-order valence-electron chi connectivity index (χ0n) is 9.10. The van der Waals surface area contributed by atoms with Crippen LogP contribution >= 0.6 is 11.8 Å². The van der Waals surface area contributed by atoms with E-state index in [-0.39, 0.29) is 0 Å². The number of hydrogen-bond acceptors (Lipinski definition) is 3. The predicted octanol–water partition coefficient (Wildman–Crippen LogP) is 3.24. The van der Waals surface area contributed by atoms with E-state index in [0.717, 1.165) is 5.56 Å². The Hall–Kier alpha value is -1.61. The van der Waals surface area contributed by atoms with Crippen LogP contribution < -0.4 is 11.5 Å². The number of nitrogens with two attached hydrogens (primary N) is 2. The molecule has 16 heavy (non-hydrogen) atoms. The number of thioether (sulfide) groups is 1. The molecule has 3 heteroatoms. The minimum atomic E-state index is 0.630. The van der Waals surface area contributed by atoms with Gasteiger partial charge in [0.2, 0.25) is 0 Å². The van der Waals surface area contributed by atoms with E-state index in [1.165, 1.54) is 10.5 Å². The molecule has 0 aliphatic rings. The van der Waals surface area contributed by atoms with Crippen LogP contribution in [0, 0.1) is 0 Å². The molecule has 0 heterocycles. The van der Waals surface area contributed by atoms with E-state index in [1.54, 1.807) is 11.8 Å². The number of rotatable bonds is 2. The Morgan fingerprint density at radius 3 is 2.38 bits per heavy atom. The zero-order chi connectivity index (χ0) is 11.5. The monoisotopic (exact) mass is 230 g/mol. The summed E-state index contributed by atoms with van der Waals surface area (Å²) < 4.78 is 0. The molecule has 2 rings (SSSR count). The van der Waals surface area contributed by atoms with Crippen LogP contribution in [0.1, 0.15) is 0 Å². The Morgan fingerprint density at radius 1 is 0.938 bits per heavy atom. The van der Waals surface area contributed by atoms with Gasteiger partial charge in [0.15, 0.2) is 0 Å². The highest BCUT2D eigenvalue weighted by Crippen LogP contribution is 2.32. The Bertz CT molecular complexity index is 509. The van der Waals surface area contributed by atoms with E-state index in [9.17, 15) is 0 Å². The van der Waals surface area contributed by atoms with Crippen LogP contribution in [-0.2, 0) is 0 Å². The molecule has 0 spiro atoms. The fourth-order valence-electron chi connectivity index (χ4n) is 1.63. The lowest BCUT2D eigenvalue weighted by Crippen LogP contribution is -1.94. The summed E-state index contributed by atoms with van der Waals surface area (Å²) in [7, 11) is 0. The van der Waals surface area contributed by atoms with Crippen molar-refractivity contribution < 1.29 is 0 Å². The average molecular weight is 230 g/mol. The molecule has 0 saturated heterocycles. The largest absolute Gasteiger partial charge is 0.397 e. The first-order chi connectivity index (χ1) is 7.72. The van der Waals surface area contributed by atoms with E-state index in [4.69, 9.17) is 11.5 Å². The Labute approximate surface area is 99.7 Å². The van der Waals surface area contributed by atoms with E-state index in [0.29, 0.717) is 11.4 Å². The van der Waals surface area contributed by atoms with Crippen LogP contribution in [0.3, 0.4) is 0 Å². The van der Waals surface area contributed by atoms with Crippen LogP contribution in [0.5, 0.6) is 0 Å². The molecule has 2 aromatic carbocycles. The smallest absolute Gasteiger partial charge is 0.0554 e. The predicted molar refractivity (Wildman–Crippen MR) is 72.5 cm³/mol. The van der Waals surface area contributed by atoms with Crippen LogP contribution in [0.25, 0.3) is 11.1 Å². The summed E-state index contributed by atoms with van der Waals surface area (Å²) in [6.45, 7) is 0. The topological polar surface area (TPSA) is 52.0 Å². The molecular formula is C13H14N2S. The van der Waals surface area contributed by atoms with Crippen molar-refractivity contribution in [2.24, 2.45) is 0 Å². The molecular weight excluding hydrogens is 216 g/mol. The Balaban J connectivity index is 2.54. The lowest BCUT2D eigenvalue weighted by molar-refractivity contribution is 1.45. The number of benzene rings is 2. The maximum atomic E-state index is 5.82. The molecule has 2 nitrogen and oxygen atoms in total. The molecule has 0 radical (unpaired) electrons. The number of nitrogen functional groups attached to an aromatic ring is 2. The maximum absolute atomic E-state index is 5.82. The second-order valence-electron chi connectivity index (χ2n) is 3.54. The number of hydrogen-bond donors (Lipinski definition) is 2. The third kappa shape index (κ3) is 1.99. The molecule has 0 amide bonds. The summed E-state index contributed by atoms with van der Waals surface area (Å²) in [5, 5.41) is 0. The quantitative estimate of drug-likeness (QED) is 0.615. The first-order valence-electron chi connectivity index (χ1n) is 5.01. The van der Waals surface area contributed by atoms with E-state index in [2.05, 4.69) is 18.4 Å². The molecule has 0 unspecified atom stereocenters. The zero-order valence-corrected chi connectivity index (χ0v) is 9.92. The van der Waals surface area contributed by atoms with Crippen molar-refractivity contribution >= 4 is 23.1 Å². The fraction of sp³-hybridized carbons (Fsp3) is 0.0769. The van der Waals surface area contributed by atoms with Gasteiger partial charge in [-0.05, 0) is 35.6 Å². The molecule has 0 aromatic heterocycles. The van der Waals surface area contributed by atoms with Gasteiger partial charge in [-0.25, -0.2) is 0 Å². The molecule has 2 aromatic rings. The lowest BCUT2D eigenvalue weighted by Gasteiger charge is -2.09. The minimum Gasteiger partial charge on any atom is -0.397 e. The van der Waals surface area contributed by atoms with E-state index in [1.807, 2.05) is 30.3 Å². The van der Waals surface area contributed by atoms with Crippen molar-refractivity contribution in [3.63, 3.8) is 0 Å². The summed E-state index contributed by atoms with van der Waals surface area (Å²) in [4.78, 5) is 1.24. The van der Waals surface area contributed by atoms with Gasteiger partial charge in [-0.3, -0.25) is 0 Å². The third-order valence-corrected chi connectivity index (χ3v) is 3.30. The minimum absolute atomic E-state index is 0.630. The van der Waals surface area contributed by atoms with Gasteiger partial charge in [-0.1, -0.05) is 24.3 Å². The highest BCUT2D eigenvalue weighted by atomic mass is 32.2. The average Bonchev–Trinajstić information content (AvgIpc) is 2.32. The van der Waals surface area contributed by atoms with Gasteiger partial charge in [-0.15, -0.1) is 11.8 Å². The van der Waals surface area contributed by atoms with Gasteiger partial charge in [0.05, 0.1) is 11.4 Å². The first-order valence-corrected chi connectivity index (χ1v) is 6.23.